The van der Waals surface area contributed by atoms with E-state index in [0.717, 1.165) is 5.92 Å². The molecule has 0 saturated carbocycles. The second-order valence-electron chi connectivity index (χ2n) is 1.57. The normalized spacial score (nSPS) is 27.3. The van der Waals surface area contributed by atoms with Crippen molar-refractivity contribution in [3.8, 4) is 0 Å². The van der Waals surface area contributed by atoms with Gasteiger partial charge in [-0.15, -0.1) is 0 Å². The van der Waals surface area contributed by atoms with Gasteiger partial charge in [-0.2, -0.15) is 0 Å². The average molecular weight is 188 g/mol. The number of thioether (sulfide) groups is 1. The van der Waals surface area contributed by atoms with Crippen molar-refractivity contribution >= 4 is 11.8 Å². The molecule has 7 heavy (non-hydrogen) atoms. The third kappa shape index (κ3) is 2.89. The molecule has 0 aromatic rings. The number of hydrogen-bond acceptors (Lipinski definition) is 1. The number of hydrogen-bond donors (Lipinski definition) is 0. The van der Waals surface area contributed by atoms with E-state index in [1.807, 2.05) is 0 Å². The van der Waals surface area contributed by atoms with Gasteiger partial charge in [0.15, 0.2) is 0 Å². The topological polar surface area (TPSA) is 0 Å². The summed E-state index contributed by atoms with van der Waals surface area (Å²) in [7, 11) is 0. The van der Waals surface area contributed by atoms with Crippen LogP contribution in [0.25, 0.3) is 0 Å². The van der Waals surface area contributed by atoms with E-state index < -0.39 is 0 Å². The second kappa shape index (κ2) is 4.11. The molecule has 0 saturated heterocycles. The SMILES string of the molecule is CC1C=[C-]SC1.[Y]. The molecule has 0 amide bonds. The zero-order chi connectivity index (χ0) is 4.41. The van der Waals surface area contributed by atoms with Gasteiger partial charge in [-0.3, -0.25) is 6.08 Å². The summed E-state index contributed by atoms with van der Waals surface area (Å²) < 4.78 is 0. The van der Waals surface area contributed by atoms with Crippen LogP contribution < -0.4 is 0 Å². The molecule has 1 rings (SSSR count). The van der Waals surface area contributed by atoms with Crippen molar-refractivity contribution < 1.29 is 32.7 Å². The molecule has 0 aliphatic carbocycles. The van der Waals surface area contributed by atoms with E-state index in [1.165, 1.54) is 5.75 Å². The Morgan fingerprint density at radius 1 is 1.86 bits per heavy atom. The Bertz CT molecular complexity index is 70.5. The Morgan fingerprint density at radius 3 is 2.71 bits per heavy atom. The zero-order valence-electron chi connectivity index (χ0n) is 4.35. The first kappa shape index (κ1) is 8.19. The smallest absolute Gasteiger partial charge is 0 e. The number of allylic oxidation sites excluding steroid dienone is 1. The van der Waals surface area contributed by atoms with Crippen molar-refractivity contribution in [1.29, 1.82) is 0 Å². The monoisotopic (exact) mass is 188 g/mol. The predicted molar refractivity (Wildman–Crippen MR) is 29.4 cm³/mol. The van der Waals surface area contributed by atoms with Gasteiger partial charge >= 0.3 is 0 Å². The summed E-state index contributed by atoms with van der Waals surface area (Å²) in [6.07, 6.45) is 2.12. The van der Waals surface area contributed by atoms with E-state index in [9.17, 15) is 0 Å². The Labute approximate surface area is 74.0 Å². The third-order valence-electron chi connectivity index (χ3n) is 0.782. The fourth-order valence-corrected chi connectivity index (χ4v) is 1.18. The summed E-state index contributed by atoms with van der Waals surface area (Å²) in [5.74, 6) is 2.01. The van der Waals surface area contributed by atoms with Crippen LogP contribution in [-0.2, 0) is 32.7 Å². The molecule has 0 bridgehead atoms. The van der Waals surface area contributed by atoms with Gasteiger partial charge in [0.25, 0.3) is 0 Å². The van der Waals surface area contributed by atoms with Crippen molar-refractivity contribution in [2.75, 3.05) is 5.75 Å². The summed E-state index contributed by atoms with van der Waals surface area (Å²) in [6.45, 7) is 2.20. The largest absolute Gasteiger partial charge is 0.436 e. The maximum atomic E-state index is 3.06. The molecule has 37 valence electrons. The van der Waals surface area contributed by atoms with Gasteiger partial charge in [-0.1, -0.05) is 12.8 Å². The molecule has 0 spiro atoms. The fourth-order valence-electron chi connectivity index (χ4n) is 0.392. The van der Waals surface area contributed by atoms with Crippen LogP contribution in [-0.4, -0.2) is 5.75 Å². The Kier molecular flexibility index (Phi) is 4.81. The van der Waals surface area contributed by atoms with E-state index >= 15 is 0 Å². The minimum absolute atomic E-state index is 0. The molecule has 0 aromatic heterocycles. The zero-order valence-corrected chi connectivity index (χ0v) is 8.00. The van der Waals surface area contributed by atoms with Crippen molar-refractivity contribution in [2.24, 2.45) is 5.92 Å². The molecule has 0 nitrogen and oxygen atoms in total. The first-order valence-corrected chi connectivity index (χ1v) is 3.09. The van der Waals surface area contributed by atoms with E-state index in [2.05, 4.69) is 18.4 Å². The molecule has 0 aromatic carbocycles. The van der Waals surface area contributed by atoms with Gasteiger partial charge in [-0.25, -0.2) is 0 Å². The van der Waals surface area contributed by atoms with Crippen molar-refractivity contribution in [2.45, 2.75) is 6.92 Å². The van der Waals surface area contributed by atoms with Crippen molar-refractivity contribution in [3.05, 3.63) is 11.5 Å². The molecule has 1 radical (unpaired) electrons. The summed E-state index contributed by atoms with van der Waals surface area (Å²) >= 11 is 1.78. The van der Waals surface area contributed by atoms with Gasteiger partial charge in [0, 0.05) is 32.7 Å². The first-order valence-electron chi connectivity index (χ1n) is 2.10. The van der Waals surface area contributed by atoms with Crippen LogP contribution in [0.15, 0.2) is 6.08 Å². The Morgan fingerprint density at radius 2 is 2.57 bits per heavy atom. The molecule has 1 aliphatic heterocycles. The molecule has 1 aliphatic rings. The molecule has 0 N–H and O–H groups in total. The van der Waals surface area contributed by atoms with Gasteiger partial charge in [-0.05, 0) is 5.75 Å². The fraction of sp³-hybridized carbons (Fsp3) is 0.600. The van der Waals surface area contributed by atoms with E-state index in [1.54, 1.807) is 11.8 Å². The molecule has 1 atom stereocenters. The quantitative estimate of drug-likeness (QED) is 0.521. The first-order chi connectivity index (χ1) is 2.89. The Hall–Kier alpha value is 1.19. The second-order valence-corrected chi connectivity index (χ2v) is 2.43. The summed E-state index contributed by atoms with van der Waals surface area (Å²) in [6, 6.07) is 0. The average Bonchev–Trinajstić information content (AvgIpc) is 1.86. The van der Waals surface area contributed by atoms with Gasteiger partial charge in [0.2, 0.25) is 0 Å². The van der Waals surface area contributed by atoms with Crippen LogP contribution in [0, 0.1) is 11.3 Å². The van der Waals surface area contributed by atoms with Crippen LogP contribution in [0.4, 0.5) is 0 Å². The minimum atomic E-state index is 0. The third-order valence-corrected chi connectivity index (χ3v) is 1.78. The van der Waals surface area contributed by atoms with Crippen LogP contribution in [0.5, 0.6) is 0 Å². The van der Waals surface area contributed by atoms with E-state index in [-0.39, 0.29) is 32.7 Å². The summed E-state index contributed by atoms with van der Waals surface area (Å²) in [4.78, 5) is 0. The maximum Gasteiger partial charge on any atom is 0 e. The van der Waals surface area contributed by atoms with Crippen LogP contribution in [0.1, 0.15) is 6.92 Å². The molecule has 1 heterocycles. The van der Waals surface area contributed by atoms with Crippen LogP contribution >= 0.6 is 11.8 Å². The maximum absolute atomic E-state index is 3.06. The van der Waals surface area contributed by atoms with Gasteiger partial charge in [0.1, 0.15) is 0 Å². The summed E-state index contributed by atoms with van der Waals surface area (Å²) in [5, 5.41) is 3.06. The number of rotatable bonds is 0. The van der Waals surface area contributed by atoms with Crippen LogP contribution in [0.3, 0.4) is 0 Å². The Balaban J connectivity index is 0.000000360. The van der Waals surface area contributed by atoms with Crippen molar-refractivity contribution in [1.82, 2.24) is 0 Å². The predicted octanol–water partition coefficient (Wildman–Crippen LogP) is 1.68. The molecular formula is C5H7SY-. The van der Waals surface area contributed by atoms with E-state index in [0.29, 0.717) is 0 Å². The minimum Gasteiger partial charge on any atom is -0.436 e. The molecule has 1 unspecified atom stereocenters. The molecule has 2 heteroatoms. The van der Waals surface area contributed by atoms with Gasteiger partial charge in [0.05, 0.1) is 0 Å². The van der Waals surface area contributed by atoms with Gasteiger partial charge < -0.3 is 17.2 Å². The molecular weight excluding hydrogens is 181 g/mol. The standard InChI is InChI=1S/C5H7S.Y/c1-5-2-3-6-4-5;/h2,5H,4H2,1H3;/q-1;. The van der Waals surface area contributed by atoms with E-state index in [4.69, 9.17) is 0 Å². The summed E-state index contributed by atoms with van der Waals surface area (Å²) in [5.41, 5.74) is 0. The van der Waals surface area contributed by atoms with Crippen LogP contribution in [0.2, 0.25) is 0 Å². The molecule has 0 fully saturated rings. The van der Waals surface area contributed by atoms with Crippen molar-refractivity contribution in [3.63, 3.8) is 0 Å².